The minimum Gasteiger partial charge on any atom is -0.368 e. The fourth-order valence-corrected chi connectivity index (χ4v) is 4.77. The number of hydrogen-bond acceptors (Lipinski definition) is 7. The molecular formula is C23H29N7O. The van der Waals surface area contributed by atoms with Gasteiger partial charge >= 0.3 is 0 Å². The van der Waals surface area contributed by atoms with Crippen molar-refractivity contribution in [2.75, 3.05) is 56.1 Å². The third-order valence-electron chi connectivity index (χ3n) is 6.57. The van der Waals surface area contributed by atoms with Gasteiger partial charge in [0.25, 0.3) is 5.56 Å². The number of aromatic nitrogens is 4. The van der Waals surface area contributed by atoms with Crippen LogP contribution < -0.4 is 15.4 Å². The first-order valence-corrected chi connectivity index (χ1v) is 11.1. The van der Waals surface area contributed by atoms with Gasteiger partial charge in [0.15, 0.2) is 0 Å². The Morgan fingerprint density at radius 1 is 1.03 bits per heavy atom. The molecule has 2 aromatic heterocycles. The lowest BCUT2D eigenvalue weighted by Gasteiger charge is -2.35. The summed E-state index contributed by atoms with van der Waals surface area (Å²) in [5.74, 6) is 0.954. The summed E-state index contributed by atoms with van der Waals surface area (Å²) in [6.45, 7) is 7.62. The Hall–Kier alpha value is -3.00. The summed E-state index contributed by atoms with van der Waals surface area (Å²) < 4.78 is 1.67. The molecule has 0 amide bonds. The molecule has 2 aliphatic rings. The molecule has 5 rings (SSSR count). The maximum absolute atomic E-state index is 13.0. The van der Waals surface area contributed by atoms with E-state index >= 15 is 0 Å². The molecule has 0 spiro atoms. The van der Waals surface area contributed by atoms with Crippen LogP contribution in [0.5, 0.6) is 0 Å². The third kappa shape index (κ3) is 3.87. The van der Waals surface area contributed by atoms with E-state index in [2.05, 4.69) is 49.8 Å². The van der Waals surface area contributed by atoms with E-state index in [0.29, 0.717) is 0 Å². The van der Waals surface area contributed by atoms with E-state index in [-0.39, 0.29) is 11.6 Å². The first-order valence-electron chi connectivity index (χ1n) is 11.1. The van der Waals surface area contributed by atoms with Crippen LogP contribution in [0.4, 0.5) is 11.5 Å². The van der Waals surface area contributed by atoms with Crippen molar-refractivity contribution in [1.29, 1.82) is 0 Å². The van der Waals surface area contributed by atoms with E-state index in [1.165, 1.54) is 5.56 Å². The topological polar surface area (TPSA) is 70.4 Å². The first kappa shape index (κ1) is 19.9. The van der Waals surface area contributed by atoms with Gasteiger partial charge < -0.3 is 14.7 Å². The van der Waals surface area contributed by atoms with Gasteiger partial charge in [-0.1, -0.05) is 12.1 Å². The average molecular weight is 420 g/mol. The number of fused-ring (bicyclic) bond motifs is 1. The van der Waals surface area contributed by atoms with E-state index in [1.54, 1.807) is 17.1 Å². The lowest BCUT2D eigenvalue weighted by Crippen LogP contribution is -2.45. The molecule has 162 valence electrons. The van der Waals surface area contributed by atoms with Crippen LogP contribution >= 0.6 is 0 Å². The number of nitrogens with zero attached hydrogens (tertiary/aromatic N) is 7. The minimum absolute atomic E-state index is 0.0213. The molecule has 8 nitrogen and oxygen atoms in total. The fraction of sp³-hybridized carbons (Fsp3) is 0.478. The van der Waals surface area contributed by atoms with Gasteiger partial charge in [-0.15, -0.1) is 0 Å². The second kappa shape index (κ2) is 8.26. The number of aryl methyl sites for hydroxylation is 1. The van der Waals surface area contributed by atoms with Crippen molar-refractivity contribution in [2.45, 2.75) is 25.8 Å². The van der Waals surface area contributed by atoms with E-state index in [1.807, 2.05) is 18.3 Å². The molecule has 1 atom stereocenters. The molecule has 0 radical (unpaired) electrons. The van der Waals surface area contributed by atoms with E-state index in [9.17, 15) is 4.79 Å². The van der Waals surface area contributed by atoms with E-state index in [4.69, 9.17) is 0 Å². The van der Waals surface area contributed by atoms with Gasteiger partial charge in [0.05, 0.1) is 23.4 Å². The van der Waals surface area contributed by atoms with E-state index in [0.717, 1.165) is 74.5 Å². The summed E-state index contributed by atoms with van der Waals surface area (Å²) in [5, 5.41) is 5.69. The third-order valence-corrected chi connectivity index (χ3v) is 6.57. The van der Waals surface area contributed by atoms with Gasteiger partial charge in [-0.05, 0) is 38.4 Å². The number of hydrogen-bond donors (Lipinski definition) is 0. The number of rotatable bonds is 3. The van der Waals surface area contributed by atoms with Gasteiger partial charge in [-0.25, -0.2) is 14.6 Å². The Morgan fingerprint density at radius 2 is 1.87 bits per heavy atom. The Kier molecular flexibility index (Phi) is 5.31. The van der Waals surface area contributed by atoms with Crippen LogP contribution in [0.25, 0.3) is 10.9 Å². The van der Waals surface area contributed by atoms with Gasteiger partial charge in [-0.3, -0.25) is 4.79 Å². The lowest BCUT2D eigenvalue weighted by atomic mass is 10.0. The van der Waals surface area contributed by atoms with Crippen molar-refractivity contribution in [3.63, 3.8) is 0 Å². The molecule has 0 N–H and O–H groups in total. The van der Waals surface area contributed by atoms with Crippen molar-refractivity contribution >= 4 is 22.4 Å². The largest absolute Gasteiger partial charge is 0.368 e. The van der Waals surface area contributed by atoms with Crippen LogP contribution in [0.3, 0.4) is 0 Å². The highest BCUT2D eigenvalue weighted by molar-refractivity contribution is 5.92. The molecule has 1 unspecified atom stereocenters. The summed E-state index contributed by atoms with van der Waals surface area (Å²) in [6.07, 6.45) is 5.43. The van der Waals surface area contributed by atoms with Crippen molar-refractivity contribution in [1.82, 2.24) is 24.6 Å². The maximum Gasteiger partial charge on any atom is 0.269 e. The van der Waals surface area contributed by atoms with Gasteiger partial charge in [0, 0.05) is 50.7 Å². The molecule has 4 heterocycles. The molecular weight excluding hydrogens is 390 g/mol. The summed E-state index contributed by atoms with van der Waals surface area (Å²) in [6, 6.07) is 7.94. The molecule has 0 aliphatic carbocycles. The number of piperidine rings is 1. The minimum atomic E-state index is -0.0213. The van der Waals surface area contributed by atoms with Crippen molar-refractivity contribution in [3.05, 3.63) is 52.7 Å². The molecule has 0 bridgehead atoms. The second-order valence-electron chi connectivity index (χ2n) is 8.70. The number of likely N-dealkylation sites (N-methyl/N-ethyl adjacent to an activating group) is 1. The zero-order valence-corrected chi connectivity index (χ0v) is 18.2. The highest BCUT2D eigenvalue weighted by atomic mass is 16.1. The molecule has 3 aromatic rings. The molecule has 31 heavy (non-hydrogen) atoms. The lowest BCUT2D eigenvalue weighted by molar-refractivity contribution is 0.312. The molecule has 1 aromatic carbocycles. The SMILES string of the molecule is Cc1cccc2ncnc(N3CCCC(n4ncc(N5CCN(C)CC5)cc4=O)C3)c12. The molecule has 2 aliphatic heterocycles. The molecule has 0 saturated carbocycles. The van der Waals surface area contributed by atoms with E-state index < -0.39 is 0 Å². The predicted molar refractivity (Wildman–Crippen MR) is 123 cm³/mol. The summed E-state index contributed by atoms with van der Waals surface area (Å²) in [4.78, 5) is 28.9. The zero-order valence-electron chi connectivity index (χ0n) is 18.2. The quantitative estimate of drug-likeness (QED) is 0.644. The molecule has 2 saturated heterocycles. The van der Waals surface area contributed by atoms with Crippen LogP contribution in [0, 0.1) is 6.92 Å². The standard InChI is InChI=1S/C23H29N7O/c1-17-5-3-7-20-22(17)23(25-16-24-20)29-8-4-6-18(15-29)30-21(31)13-19(14-26-30)28-11-9-27(2)10-12-28/h3,5,7,13-14,16,18H,4,6,8-12,15H2,1-2H3. The smallest absolute Gasteiger partial charge is 0.269 e. The van der Waals surface area contributed by atoms with Crippen LogP contribution in [0.15, 0.2) is 41.6 Å². The first-order chi connectivity index (χ1) is 15.1. The Balaban J connectivity index is 1.40. The van der Waals surface area contributed by atoms with Crippen LogP contribution in [-0.2, 0) is 0 Å². The monoisotopic (exact) mass is 419 g/mol. The van der Waals surface area contributed by atoms with Crippen LogP contribution in [-0.4, -0.2) is 71.0 Å². The normalized spacial score (nSPS) is 20.4. The van der Waals surface area contributed by atoms with Gasteiger partial charge in [0.1, 0.15) is 12.1 Å². The summed E-state index contributed by atoms with van der Waals surface area (Å²) in [7, 11) is 2.13. The van der Waals surface area contributed by atoms with Gasteiger partial charge in [-0.2, -0.15) is 5.10 Å². The zero-order chi connectivity index (χ0) is 21.4. The Bertz CT molecular complexity index is 1130. The predicted octanol–water partition coefficient (Wildman–Crippen LogP) is 2.09. The van der Waals surface area contributed by atoms with Crippen molar-refractivity contribution in [3.8, 4) is 0 Å². The molecule has 2 fully saturated rings. The Morgan fingerprint density at radius 3 is 2.68 bits per heavy atom. The molecule has 8 heteroatoms. The maximum atomic E-state index is 13.0. The summed E-state index contributed by atoms with van der Waals surface area (Å²) in [5.41, 5.74) is 3.03. The number of anilines is 2. The van der Waals surface area contributed by atoms with Crippen LogP contribution in [0.1, 0.15) is 24.4 Å². The van der Waals surface area contributed by atoms with Crippen LogP contribution in [0.2, 0.25) is 0 Å². The Labute approximate surface area is 182 Å². The highest BCUT2D eigenvalue weighted by Crippen LogP contribution is 2.30. The number of piperazine rings is 1. The fourth-order valence-electron chi connectivity index (χ4n) is 4.77. The highest BCUT2D eigenvalue weighted by Gasteiger charge is 2.26. The second-order valence-corrected chi connectivity index (χ2v) is 8.70. The van der Waals surface area contributed by atoms with Crippen molar-refractivity contribution in [2.24, 2.45) is 0 Å². The average Bonchev–Trinajstić information content (AvgIpc) is 2.79. The van der Waals surface area contributed by atoms with Crippen molar-refractivity contribution < 1.29 is 0 Å². The van der Waals surface area contributed by atoms with Gasteiger partial charge in [0.2, 0.25) is 0 Å². The number of benzene rings is 1. The summed E-state index contributed by atoms with van der Waals surface area (Å²) >= 11 is 0.